The highest BCUT2D eigenvalue weighted by atomic mass is 35.5. The minimum Gasteiger partial charge on any atom is -0.326 e. The van der Waals surface area contributed by atoms with Gasteiger partial charge < -0.3 is 5.32 Å². The van der Waals surface area contributed by atoms with Gasteiger partial charge in [0.25, 0.3) is 0 Å². The Morgan fingerprint density at radius 3 is 2.56 bits per heavy atom. The summed E-state index contributed by atoms with van der Waals surface area (Å²) < 4.78 is 25.7. The SMILES string of the molecule is Cc1ccc(NC(=O)Cc2ccc(Cl)cc2)cc1N1CCCS1(=O)=O. The predicted molar refractivity (Wildman–Crippen MR) is 101 cm³/mol. The Morgan fingerprint density at radius 2 is 1.92 bits per heavy atom. The quantitative estimate of drug-likeness (QED) is 0.886. The van der Waals surface area contributed by atoms with Gasteiger partial charge in [-0.25, -0.2) is 8.42 Å². The van der Waals surface area contributed by atoms with Crippen LogP contribution in [-0.4, -0.2) is 26.6 Å². The number of hydrogen-bond acceptors (Lipinski definition) is 3. The Balaban J connectivity index is 1.76. The number of nitrogens with one attached hydrogen (secondary N) is 1. The minimum atomic E-state index is -3.25. The number of anilines is 2. The zero-order chi connectivity index (χ0) is 18.0. The van der Waals surface area contributed by atoms with Crippen LogP contribution in [0.1, 0.15) is 17.5 Å². The molecule has 0 saturated carbocycles. The molecule has 0 bridgehead atoms. The lowest BCUT2D eigenvalue weighted by atomic mass is 10.1. The summed E-state index contributed by atoms with van der Waals surface area (Å²) in [4.78, 5) is 12.2. The normalized spacial score (nSPS) is 16.0. The minimum absolute atomic E-state index is 0.165. The standard InChI is InChI=1S/C18H19ClN2O3S/c1-13-3-8-16(12-17(13)21-9-2-10-25(21,23)24)20-18(22)11-14-4-6-15(19)7-5-14/h3-8,12H,2,9-11H2,1H3,(H,20,22). The van der Waals surface area contributed by atoms with Crippen molar-refractivity contribution in [3.63, 3.8) is 0 Å². The van der Waals surface area contributed by atoms with Crippen LogP contribution < -0.4 is 9.62 Å². The fourth-order valence-corrected chi connectivity index (χ4v) is 4.60. The van der Waals surface area contributed by atoms with E-state index in [0.717, 1.165) is 11.1 Å². The molecule has 1 aliphatic rings. The molecule has 1 saturated heterocycles. The third-order valence-corrected chi connectivity index (χ3v) is 6.25. The van der Waals surface area contributed by atoms with Gasteiger partial charge in [-0.1, -0.05) is 29.8 Å². The summed E-state index contributed by atoms with van der Waals surface area (Å²) in [6, 6.07) is 12.4. The maximum Gasteiger partial charge on any atom is 0.235 e. The van der Waals surface area contributed by atoms with Crippen LogP contribution >= 0.6 is 11.6 Å². The van der Waals surface area contributed by atoms with Crippen molar-refractivity contribution in [3.05, 3.63) is 58.6 Å². The van der Waals surface area contributed by atoms with Crippen molar-refractivity contribution in [2.75, 3.05) is 21.9 Å². The van der Waals surface area contributed by atoms with Crippen molar-refractivity contribution in [1.29, 1.82) is 0 Å². The van der Waals surface area contributed by atoms with Crippen LogP contribution in [0.25, 0.3) is 0 Å². The highest BCUT2D eigenvalue weighted by molar-refractivity contribution is 7.93. The molecule has 1 aliphatic heterocycles. The molecule has 0 aliphatic carbocycles. The van der Waals surface area contributed by atoms with Crippen LogP contribution in [0.15, 0.2) is 42.5 Å². The first kappa shape index (κ1) is 17.8. The van der Waals surface area contributed by atoms with E-state index in [0.29, 0.717) is 29.4 Å². The number of halogens is 1. The van der Waals surface area contributed by atoms with Crippen LogP contribution in [-0.2, 0) is 21.2 Å². The van der Waals surface area contributed by atoms with Crippen LogP contribution in [0.4, 0.5) is 11.4 Å². The highest BCUT2D eigenvalue weighted by Gasteiger charge is 2.29. The smallest absolute Gasteiger partial charge is 0.235 e. The third kappa shape index (κ3) is 4.14. The van der Waals surface area contributed by atoms with E-state index in [-0.39, 0.29) is 18.1 Å². The molecule has 1 fully saturated rings. The molecule has 0 spiro atoms. The molecule has 3 rings (SSSR count). The largest absolute Gasteiger partial charge is 0.326 e. The number of hydrogen-bond donors (Lipinski definition) is 1. The van der Waals surface area contributed by atoms with Gasteiger partial charge in [-0.3, -0.25) is 9.10 Å². The van der Waals surface area contributed by atoms with Crippen LogP contribution in [0.2, 0.25) is 5.02 Å². The van der Waals surface area contributed by atoms with Gasteiger partial charge in [-0.15, -0.1) is 0 Å². The first-order valence-corrected chi connectivity index (χ1v) is 9.99. The van der Waals surface area contributed by atoms with E-state index in [4.69, 9.17) is 11.6 Å². The summed E-state index contributed by atoms with van der Waals surface area (Å²) in [5.41, 5.74) is 2.93. The number of amides is 1. The van der Waals surface area contributed by atoms with Crippen molar-refractivity contribution < 1.29 is 13.2 Å². The molecule has 0 unspecified atom stereocenters. The maximum absolute atomic E-state index is 12.2. The molecule has 1 amide bonds. The first-order valence-electron chi connectivity index (χ1n) is 8.00. The third-order valence-electron chi connectivity index (χ3n) is 4.14. The Bertz CT molecular complexity index is 895. The zero-order valence-corrected chi connectivity index (χ0v) is 15.4. The molecular weight excluding hydrogens is 360 g/mol. The summed E-state index contributed by atoms with van der Waals surface area (Å²) in [6.45, 7) is 2.34. The van der Waals surface area contributed by atoms with Gasteiger partial charge in [-0.2, -0.15) is 0 Å². The average Bonchev–Trinajstić information content (AvgIpc) is 2.90. The molecule has 132 valence electrons. The molecule has 5 nitrogen and oxygen atoms in total. The van der Waals surface area contributed by atoms with Gasteiger partial charge in [0.2, 0.25) is 15.9 Å². The van der Waals surface area contributed by atoms with Gasteiger partial charge in [0.05, 0.1) is 17.9 Å². The Kier molecular flexibility index (Phi) is 5.01. The maximum atomic E-state index is 12.2. The summed E-state index contributed by atoms with van der Waals surface area (Å²) >= 11 is 5.84. The number of aryl methyl sites for hydroxylation is 1. The van der Waals surface area contributed by atoms with Crippen LogP contribution in [0.5, 0.6) is 0 Å². The first-order chi connectivity index (χ1) is 11.8. The molecule has 1 heterocycles. The van der Waals surface area contributed by atoms with E-state index in [9.17, 15) is 13.2 Å². The second kappa shape index (κ2) is 7.06. The summed E-state index contributed by atoms with van der Waals surface area (Å²) in [5.74, 6) is 0.000897. The Morgan fingerprint density at radius 1 is 1.20 bits per heavy atom. The van der Waals surface area contributed by atoms with E-state index in [1.165, 1.54) is 4.31 Å². The lowest BCUT2D eigenvalue weighted by molar-refractivity contribution is -0.115. The van der Waals surface area contributed by atoms with E-state index >= 15 is 0 Å². The summed E-state index contributed by atoms with van der Waals surface area (Å²) in [5, 5.41) is 3.45. The van der Waals surface area contributed by atoms with Crippen molar-refractivity contribution >= 4 is 38.9 Å². The Labute approximate surface area is 152 Å². The number of nitrogens with zero attached hydrogens (tertiary/aromatic N) is 1. The van der Waals surface area contributed by atoms with Crippen LogP contribution in [0.3, 0.4) is 0 Å². The van der Waals surface area contributed by atoms with Gasteiger partial charge in [-0.05, 0) is 48.7 Å². The van der Waals surface area contributed by atoms with Crippen molar-refractivity contribution in [1.82, 2.24) is 0 Å². The molecule has 7 heteroatoms. The predicted octanol–water partition coefficient (Wildman–Crippen LogP) is 3.37. The number of carbonyl (C=O) groups excluding carboxylic acids is 1. The molecular formula is C18H19ClN2O3S. The number of sulfonamides is 1. The number of benzene rings is 2. The van der Waals surface area contributed by atoms with E-state index < -0.39 is 10.0 Å². The molecule has 2 aromatic carbocycles. The summed E-state index contributed by atoms with van der Waals surface area (Å²) in [7, 11) is -3.25. The molecule has 2 aromatic rings. The molecule has 1 N–H and O–H groups in total. The zero-order valence-electron chi connectivity index (χ0n) is 13.8. The average molecular weight is 379 g/mol. The van der Waals surface area contributed by atoms with Gasteiger partial charge >= 0.3 is 0 Å². The fraction of sp³-hybridized carbons (Fsp3) is 0.278. The topological polar surface area (TPSA) is 66.5 Å². The van der Waals surface area contributed by atoms with Crippen LogP contribution in [0, 0.1) is 6.92 Å². The lowest BCUT2D eigenvalue weighted by Crippen LogP contribution is -2.26. The van der Waals surface area contributed by atoms with E-state index in [2.05, 4.69) is 5.32 Å². The molecule has 0 atom stereocenters. The fourth-order valence-electron chi connectivity index (χ4n) is 2.86. The highest BCUT2D eigenvalue weighted by Crippen LogP contribution is 2.30. The Hall–Kier alpha value is -2.05. The molecule has 0 radical (unpaired) electrons. The van der Waals surface area contributed by atoms with Crippen molar-refractivity contribution in [2.24, 2.45) is 0 Å². The number of carbonyl (C=O) groups is 1. The van der Waals surface area contributed by atoms with Gasteiger partial charge in [0.1, 0.15) is 0 Å². The van der Waals surface area contributed by atoms with Gasteiger partial charge in [0, 0.05) is 17.3 Å². The lowest BCUT2D eigenvalue weighted by Gasteiger charge is -2.20. The van der Waals surface area contributed by atoms with Crippen molar-refractivity contribution in [3.8, 4) is 0 Å². The monoisotopic (exact) mass is 378 g/mol. The second-order valence-electron chi connectivity index (χ2n) is 6.09. The van der Waals surface area contributed by atoms with Gasteiger partial charge in [0.15, 0.2) is 0 Å². The molecule has 25 heavy (non-hydrogen) atoms. The summed E-state index contributed by atoms with van der Waals surface area (Å²) in [6.07, 6.45) is 0.845. The van der Waals surface area contributed by atoms with E-state index in [1.807, 2.05) is 13.0 Å². The van der Waals surface area contributed by atoms with E-state index in [1.54, 1.807) is 36.4 Å². The number of rotatable bonds is 4. The molecule has 0 aromatic heterocycles. The van der Waals surface area contributed by atoms with Crippen molar-refractivity contribution in [2.45, 2.75) is 19.8 Å². The second-order valence-corrected chi connectivity index (χ2v) is 8.54.